The zero-order chi connectivity index (χ0) is 7.68. The van der Waals surface area contributed by atoms with E-state index in [2.05, 4.69) is 11.4 Å². The first-order chi connectivity index (χ1) is 5.38. The van der Waals surface area contributed by atoms with Gasteiger partial charge in [0.25, 0.3) is 5.91 Å². The summed E-state index contributed by atoms with van der Waals surface area (Å²) in [6.45, 7) is 0.754. The van der Waals surface area contributed by atoms with Crippen molar-refractivity contribution in [3.8, 4) is 0 Å². The molecular formula is C9H8NO. The van der Waals surface area contributed by atoms with E-state index in [9.17, 15) is 4.79 Å². The fourth-order valence-corrected chi connectivity index (χ4v) is 1.29. The molecule has 1 aliphatic rings. The molecule has 1 heterocycles. The monoisotopic (exact) mass is 146 g/mol. The van der Waals surface area contributed by atoms with Crippen LogP contribution in [-0.4, -0.2) is 12.5 Å². The molecule has 0 aliphatic carbocycles. The van der Waals surface area contributed by atoms with Crippen molar-refractivity contribution >= 4 is 5.91 Å². The second-order valence-electron chi connectivity index (χ2n) is 2.58. The van der Waals surface area contributed by atoms with Crippen LogP contribution in [0.4, 0.5) is 0 Å². The van der Waals surface area contributed by atoms with Gasteiger partial charge in [-0.1, -0.05) is 18.2 Å². The van der Waals surface area contributed by atoms with Crippen molar-refractivity contribution in [1.29, 1.82) is 0 Å². The van der Waals surface area contributed by atoms with Gasteiger partial charge in [-0.05, 0) is 18.1 Å². The lowest BCUT2D eigenvalue weighted by atomic mass is 10.0. The smallest absolute Gasteiger partial charge is 0.252 e. The SMILES string of the molecule is O=C1NCCc2ccc[c]c21. The highest BCUT2D eigenvalue weighted by molar-refractivity contribution is 5.96. The lowest BCUT2D eigenvalue weighted by Gasteiger charge is -2.14. The molecule has 0 saturated carbocycles. The second-order valence-corrected chi connectivity index (χ2v) is 2.58. The summed E-state index contributed by atoms with van der Waals surface area (Å²) in [6, 6.07) is 8.59. The Balaban J connectivity index is 2.52. The number of hydrogen-bond donors (Lipinski definition) is 1. The van der Waals surface area contributed by atoms with Gasteiger partial charge in [-0.2, -0.15) is 0 Å². The van der Waals surface area contributed by atoms with Gasteiger partial charge < -0.3 is 5.32 Å². The number of carbonyl (C=O) groups is 1. The molecule has 1 amide bonds. The summed E-state index contributed by atoms with van der Waals surface area (Å²) in [6.07, 6.45) is 0.929. The molecule has 1 radical (unpaired) electrons. The van der Waals surface area contributed by atoms with Gasteiger partial charge in [0.2, 0.25) is 0 Å². The second kappa shape index (κ2) is 2.38. The van der Waals surface area contributed by atoms with E-state index in [1.54, 1.807) is 6.07 Å². The minimum Gasteiger partial charge on any atom is -0.352 e. The van der Waals surface area contributed by atoms with Crippen molar-refractivity contribution in [2.75, 3.05) is 6.54 Å². The lowest BCUT2D eigenvalue weighted by molar-refractivity contribution is 0.0945. The van der Waals surface area contributed by atoms with E-state index in [4.69, 9.17) is 0 Å². The molecular weight excluding hydrogens is 138 g/mol. The Morgan fingerprint density at radius 2 is 2.45 bits per heavy atom. The van der Waals surface area contributed by atoms with Gasteiger partial charge in [-0.3, -0.25) is 4.79 Å². The van der Waals surface area contributed by atoms with Gasteiger partial charge >= 0.3 is 0 Å². The van der Waals surface area contributed by atoms with Gasteiger partial charge in [-0.25, -0.2) is 0 Å². The van der Waals surface area contributed by atoms with E-state index in [1.807, 2.05) is 12.1 Å². The Morgan fingerprint density at radius 1 is 1.55 bits per heavy atom. The van der Waals surface area contributed by atoms with Crippen LogP contribution in [0.1, 0.15) is 15.9 Å². The molecule has 0 unspecified atom stereocenters. The van der Waals surface area contributed by atoms with Crippen molar-refractivity contribution in [2.45, 2.75) is 6.42 Å². The molecule has 0 atom stereocenters. The molecule has 2 nitrogen and oxygen atoms in total. The maximum atomic E-state index is 11.1. The molecule has 1 aliphatic heterocycles. The molecule has 11 heavy (non-hydrogen) atoms. The molecule has 1 N–H and O–H groups in total. The molecule has 2 heteroatoms. The Labute approximate surface area is 65.2 Å². The number of amides is 1. The van der Waals surface area contributed by atoms with Crippen molar-refractivity contribution in [3.05, 3.63) is 35.4 Å². The van der Waals surface area contributed by atoms with E-state index in [0.29, 0.717) is 5.56 Å². The molecule has 0 fully saturated rings. The molecule has 0 bridgehead atoms. The highest BCUT2D eigenvalue weighted by Crippen LogP contribution is 2.11. The number of hydrogen-bond acceptors (Lipinski definition) is 1. The van der Waals surface area contributed by atoms with Crippen molar-refractivity contribution in [2.24, 2.45) is 0 Å². The Morgan fingerprint density at radius 3 is 3.27 bits per heavy atom. The first-order valence-corrected chi connectivity index (χ1v) is 3.66. The molecule has 55 valence electrons. The van der Waals surface area contributed by atoms with E-state index in [-0.39, 0.29) is 5.91 Å². The van der Waals surface area contributed by atoms with E-state index < -0.39 is 0 Å². The fourth-order valence-electron chi connectivity index (χ4n) is 1.29. The number of carbonyl (C=O) groups excluding carboxylic acids is 1. The fraction of sp³-hybridized carbons (Fsp3) is 0.222. The summed E-state index contributed by atoms with van der Waals surface area (Å²) in [4.78, 5) is 11.1. The average molecular weight is 146 g/mol. The van der Waals surface area contributed by atoms with Crippen molar-refractivity contribution < 1.29 is 4.79 Å². The van der Waals surface area contributed by atoms with Crippen LogP contribution in [0.15, 0.2) is 18.2 Å². The standard InChI is InChI=1S/C9H8NO/c11-9-8-4-2-1-3-7(8)5-6-10-9/h1-3H,5-6H2,(H,10,11). The summed E-state index contributed by atoms with van der Waals surface area (Å²) >= 11 is 0. The first-order valence-electron chi connectivity index (χ1n) is 3.66. The van der Waals surface area contributed by atoms with Crippen molar-refractivity contribution in [1.82, 2.24) is 5.32 Å². The predicted molar refractivity (Wildman–Crippen MR) is 41.3 cm³/mol. The van der Waals surface area contributed by atoms with E-state index in [1.165, 1.54) is 0 Å². The van der Waals surface area contributed by atoms with E-state index in [0.717, 1.165) is 18.5 Å². The number of rotatable bonds is 0. The Hall–Kier alpha value is -1.31. The van der Waals surface area contributed by atoms with Gasteiger partial charge in [0.1, 0.15) is 0 Å². The van der Waals surface area contributed by atoms with Crippen LogP contribution in [0.5, 0.6) is 0 Å². The maximum Gasteiger partial charge on any atom is 0.252 e. The first kappa shape index (κ1) is 6.40. The maximum absolute atomic E-state index is 11.1. The minimum absolute atomic E-state index is 0.00634. The minimum atomic E-state index is 0.00634. The van der Waals surface area contributed by atoms with Crippen LogP contribution >= 0.6 is 0 Å². The van der Waals surface area contributed by atoms with Gasteiger partial charge in [0, 0.05) is 6.54 Å². The van der Waals surface area contributed by atoms with Gasteiger partial charge in [0.05, 0.1) is 5.56 Å². The topological polar surface area (TPSA) is 29.1 Å². The van der Waals surface area contributed by atoms with Crippen LogP contribution in [0.25, 0.3) is 0 Å². The van der Waals surface area contributed by atoms with Gasteiger partial charge in [0.15, 0.2) is 0 Å². The molecule has 1 aromatic rings. The summed E-state index contributed by atoms with van der Waals surface area (Å²) in [7, 11) is 0. The molecule has 0 saturated heterocycles. The Kier molecular flexibility index (Phi) is 1.39. The highest BCUT2D eigenvalue weighted by atomic mass is 16.1. The molecule has 2 rings (SSSR count). The number of nitrogens with one attached hydrogen (secondary N) is 1. The normalized spacial score (nSPS) is 15.5. The third-order valence-corrected chi connectivity index (χ3v) is 1.85. The summed E-state index contributed by atoms with van der Waals surface area (Å²) in [5, 5.41) is 2.77. The summed E-state index contributed by atoms with van der Waals surface area (Å²) in [5.74, 6) is 0.00634. The largest absolute Gasteiger partial charge is 0.352 e. The number of fused-ring (bicyclic) bond motifs is 1. The number of benzene rings is 1. The van der Waals surface area contributed by atoms with Crippen LogP contribution in [0, 0.1) is 6.07 Å². The molecule has 1 aromatic carbocycles. The average Bonchev–Trinajstić information content (AvgIpc) is 2.06. The van der Waals surface area contributed by atoms with Crippen LogP contribution in [0.2, 0.25) is 0 Å². The van der Waals surface area contributed by atoms with Crippen LogP contribution in [0.3, 0.4) is 0 Å². The highest BCUT2D eigenvalue weighted by Gasteiger charge is 2.14. The Bertz CT molecular complexity index is 293. The zero-order valence-electron chi connectivity index (χ0n) is 6.05. The zero-order valence-corrected chi connectivity index (χ0v) is 6.05. The third-order valence-electron chi connectivity index (χ3n) is 1.85. The van der Waals surface area contributed by atoms with Gasteiger partial charge in [-0.15, -0.1) is 0 Å². The van der Waals surface area contributed by atoms with Crippen LogP contribution in [-0.2, 0) is 6.42 Å². The quantitative estimate of drug-likeness (QED) is 0.575. The predicted octanol–water partition coefficient (Wildman–Crippen LogP) is 0.773. The molecule has 0 spiro atoms. The van der Waals surface area contributed by atoms with E-state index >= 15 is 0 Å². The van der Waals surface area contributed by atoms with Crippen molar-refractivity contribution in [3.63, 3.8) is 0 Å². The summed E-state index contributed by atoms with van der Waals surface area (Å²) in [5.41, 5.74) is 1.81. The van der Waals surface area contributed by atoms with Crippen LogP contribution < -0.4 is 5.32 Å². The molecule has 0 aromatic heterocycles. The summed E-state index contributed by atoms with van der Waals surface area (Å²) < 4.78 is 0. The third kappa shape index (κ3) is 1.00. The lowest BCUT2D eigenvalue weighted by Crippen LogP contribution is -2.31.